The predicted octanol–water partition coefficient (Wildman–Crippen LogP) is 1.80. The Morgan fingerprint density at radius 3 is 2.93 bits per heavy atom. The average molecular weight is 193 g/mol. The van der Waals surface area contributed by atoms with E-state index in [1.54, 1.807) is 6.26 Å². The van der Waals surface area contributed by atoms with Crippen molar-refractivity contribution in [1.82, 2.24) is 5.32 Å². The van der Waals surface area contributed by atoms with Crippen LogP contribution >= 0.6 is 0 Å². The normalized spacial score (nSPS) is 26.6. The van der Waals surface area contributed by atoms with E-state index in [1.165, 1.54) is 0 Å². The van der Waals surface area contributed by atoms with Crippen molar-refractivity contribution in [2.45, 2.75) is 38.6 Å². The van der Waals surface area contributed by atoms with E-state index in [0.29, 0.717) is 6.42 Å². The van der Waals surface area contributed by atoms with Gasteiger partial charge in [-0.3, -0.25) is 4.79 Å². The standard InChI is InChI=1S/C11H15NO2/c1-8-4-6-14-9(8)7-11(2)5-3-10(13)12-11/h4,6H,3,5,7H2,1-2H3,(H,12,13). The van der Waals surface area contributed by atoms with Crippen molar-refractivity contribution in [3.63, 3.8) is 0 Å². The van der Waals surface area contributed by atoms with E-state index in [4.69, 9.17) is 4.42 Å². The maximum Gasteiger partial charge on any atom is 0.220 e. The summed E-state index contributed by atoms with van der Waals surface area (Å²) < 4.78 is 5.38. The van der Waals surface area contributed by atoms with Crippen LogP contribution in [0.5, 0.6) is 0 Å². The van der Waals surface area contributed by atoms with E-state index >= 15 is 0 Å². The first kappa shape index (κ1) is 9.31. The minimum absolute atomic E-state index is 0.111. The zero-order chi connectivity index (χ0) is 10.2. The predicted molar refractivity (Wildman–Crippen MR) is 52.9 cm³/mol. The first-order chi connectivity index (χ1) is 6.59. The second kappa shape index (κ2) is 3.15. The van der Waals surface area contributed by atoms with E-state index in [9.17, 15) is 4.79 Å². The molecule has 1 fully saturated rings. The highest BCUT2D eigenvalue weighted by molar-refractivity contribution is 5.79. The molecule has 0 aromatic carbocycles. The Balaban J connectivity index is 2.11. The minimum atomic E-state index is -0.111. The number of hydrogen-bond donors (Lipinski definition) is 1. The van der Waals surface area contributed by atoms with E-state index in [2.05, 4.69) is 12.2 Å². The van der Waals surface area contributed by atoms with Gasteiger partial charge in [0.25, 0.3) is 0 Å². The summed E-state index contributed by atoms with van der Waals surface area (Å²) in [6.45, 7) is 4.10. The molecule has 1 saturated heterocycles. The highest BCUT2D eigenvalue weighted by Crippen LogP contribution is 2.25. The Kier molecular flexibility index (Phi) is 2.10. The van der Waals surface area contributed by atoms with Gasteiger partial charge in [-0.1, -0.05) is 0 Å². The summed E-state index contributed by atoms with van der Waals surface area (Å²) in [5.74, 6) is 1.13. The summed E-state index contributed by atoms with van der Waals surface area (Å²) in [6.07, 6.45) is 4.02. The van der Waals surface area contributed by atoms with Crippen molar-refractivity contribution >= 4 is 5.91 Å². The van der Waals surface area contributed by atoms with Gasteiger partial charge in [0.2, 0.25) is 5.91 Å². The quantitative estimate of drug-likeness (QED) is 0.778. The van der Waals surface area contributed by atoms with Crippen LogP contribution in [0, 0.1) is 6.92 Å². The molecule has 0 saturated carbocycles. The summed E-state index contributed by atoms with van der Waals surface area (Å²) in [5.41, 5.74) is 1.05. The molecule has 1 atom stereocenters. The number of aryl methyl sites for hydroxylation is 1. The first-order valence-corrected chi connectivity index (χ1v) is 4.93. The van der Waals surface area contributed by atoms with E-state index < -0.39 is 0 Å². The Morgan fingerprint density at radius 2 is 2.43 bits per heavy atom. The van der Waals surface area contributed by atoms with Crippen LogP contribution in [0.4, 0.5) is 0 Å². The molecule has 1 N–H and O–H groups in total. The summed E-state index contributed by atoms with van der Waals surface area (Å²) in [4.78, 5) is 11.1. The number of rotatable bonds is 2. The van der Waals surface area contributed by atoms with Gasteiger partial charge in [0.15, 0.2) is 0 Å². The zero-order valence-corrected chi connectivity index (χ0v) is 8.59. The zero-order valence-electron chi connectivity index (χ0n) is 8.59. The van der Waals surface area contributed by atoms with Gasteiger partial charge in [0.05, 0.1) is 6.26 Å². The minimum Gasteiger partial charge on any atom is -0.469 e. The lowest BCUT2D eigenvalue weighted by Gasteiger charge is -2.22. The maximum atomic E-state index is 11.1. The van der Waals surface area contributed by atoms with Gasteiger partial charge in [-0.2, -0.15) is 0 Å². The highest BCUT2D eigenvalue weighted by atomic mass is 16.3. The van der Waals surface area contributed by atoms with E-state index in [-0.39, 0.29) is 11.4 Å². The molecule has 1 amide bonds. The second-order valence-corrected chi connectivity index (χ2v) is 4.31. The molecule has 2 rings (SSSR count). The molecule has 0 bridgehead atoms. The highest BCUT2D eigenvalue weighted by Gasteiger charge is 2.34. The summed E-state index contributed by atoms with van der Waals surface area (Å²) in [6, 6.07) is 1.95. The Bertz CT molecular complexity index is 356. The summed E-state index contributed by atoms with van der Waals surface area (Å²) in [7, 11) is 0. The smallest absolute Gasteiger partial charge is 0.220 e. The van der Waals surface area contributed by atoms with Gasteiger partial charge in [-0.25, -0.2) is 0 Å². The number of furan rings is 1. The van der Waals surface area contributed by atoms with Crippen LogP contribution in [-0.4, -0.2) is 11.4 Å². The maximum absolute atomic E-state index is 11.1. The first-order valence-electron chi connectivity index (χ1n) is 4.93. The molecule has 1 aliphatic rings. The number of carbonyl (C=O) groups is 1. The molecule has 3 nitrogen and oxygen atoms in total. The molecular weight excluding hydrogens is 178 g/mol. The SMILES string of the molecule is Cc1ccoc1CC1(C)CCC(=O)N1. The largest absolute Gasteiger partial charge is 0.469 e. The van der Waals surface area contributed by atoms with Crippen LogP contribution < -0.4 is 5.32 Å². The molecule has 1 aromatic rings. The molecular formula is C11H15NO2. The van der Waals surface area contributed by atoms with Crippen molar-refractivity contribution in [3.05, 3.63) is 23.7 Å². The fraction of sp³-hybridized carbons (Fsp3) is 0.545. The molecule has 14 heavy (non-hydrogen) atoms. The Labute approximate surface area is 83.5 Å². The van der Waals surface area contributed by atoms with Crippen molar-refractivity contribution in [1.29, 1.82) is 0 Å². The molecule has 0 radical (unpaired) electrons. The van der Waals surface area contributed by atoms with Crippen LogP contribution in [0.3, 0.4) is 0 Å². The van der Waals surface area contributed by atoms with Crippen molar-refractivity contribution in [2.24, 2.45) is 0 Å². The molecule has 1 aliphatic heterocycles. The number of hydrogen-bond acceptors (Lipinski definition) is 2. The molecule has 2 heterocycles. The van der Waals surface area contributed by atoms with Crippen molar-refractivity contribution in [3.8, 4) is 0 Å². The van der Waals surface area contributed by atoms with Gasteiger partial charge in [-0.15, -0.1) is 0 Å². The third kappa shape index (κ3) is 1.67. The van der Waals surface area contributed by atoms with Crippen LogP contribution in [-0.2, 0) is 11.2 Å². The van der Waals surface area contributed by atoms with Crippen LogP contribution in [0.25, 0.3) is 0 Å². The lowest BCUT2D eigenvalue weighted by Crippen LogP contribution is -2.40. The fourth-order valence-corrected chi connectivity index (χ4v) is 1.92. The molecule has 1 aromatic heterocycles. The van der Waals surface area contributed by atoms with E-state index in [0.717, 1.165) is 24.2 Å². The topological polar surface area (TPSA) is 42.2 Å². The van der Waals surface area contributed by atoms with Gasteiger partial charge in [0, 0.05) is 18.4 Å². The molecule has 76 valence electrons. The van der Waals surface area contributed by atoms with Crippen LogP contribution in [0.15, 0.2) is 16.7 Å². The van der Waals surface area contributed by atoms with Gasteiger partial charge in [-0.05, 0) is 31.9 Å². The van der Waals surface area contributed by atoms with Crippen molar-refractivity contribution in [2.75, 3.05) is 0 Å². The fourth-order valence-electron chi connectivity index (χ4n) is 1.92. The summed E-state index contributed by atoms with van der Waals surface area (Å²) >= 11 is 0. The van der Waals surface area contributed by atoms with Gasteiger partial charge < -0.3 is 9.73 Å². The molecule has 0 spiro atoms. The number of nitrogens with one attached hydrogen (secondary N) is 1. The Hall–Kier alpha value is -1.25. The third-order valence-electron chi connectivity index (χ3n) is 2.86. The molecule has 0 aliphatic carbocycles. The van der Waals surface area contributed by atoms with Crippen LogP contribution in [0.2, 0.25) is 0 Å². The lowest BCUT2D eigenvalue weighted by molar-refractivity contribution is -0.119. The van der Waals surface area contributed by atoms with Gasteiger partial charge >= 0.3 is 0 Å². The van der Waals surface area contributed by atoms with Crippen molar-refractivity contribution < 1.29 is 9.21 Å². The number of amides is 1. The molecule has 3 heteroatoms. The average Bonchev–Trinajstić information content (AvgIpc) is 2.62. The lowest BCUT2D eigenvalue weighted by atomic mass is 9.93. The molecule has 1 unspecified atom stereocenters. The van der Waals surface area contributed by atoms with E-state index in [1.807, 2.05) is 13.0 Å². The summed E-state index contributed by atoms with van der Waals surface area (Å²) in [5, 5.41) is 3.00. The second-order valence-electron chi connectivity index (χ2n) is 4.31. The Morgan fingerprint density at radius 1 is 1.64 bits per heavy atom. The van der Waals surface area contributed by atoms with Gasteiger partial charge in [0.1, 0.15) is 5.76 Å². The monoisotopic (exact) mass is 193 g/mol. The number of carbonyl (C=O) groups excluding carboxylic acids is 1. The third-order valence-corrected chi connectivity index (χ3v) is 2.86. The van der Waals surface area contributed by atoms with Crippen LogP contribution in [0.1, 0.15) is 31.1 Å².